The SMILES string of the molecule is O=C(NCCCOCCOCCOc1ccccc1)OCC1c2ccccc2-c2ccccc21. The monoisotopic (exact) mass is 461 g/mol. The third kappa shape index (κ3) is 6.59. The number of alkyl carbamates (subject to hydrolysis) is 1. The first kappa shape index (κ1) is 23.8. The summed E-state index contributed by atoms with van der Waals surface area (Å²) < 4.78 is 22.1. The van der Waals surface area contributed by atoms with Gasteiger partial charge in [-0.3, -0.25) is 0 Å². The van der Waals surface area contributed by atoms with Crippen LogP contribution in [0.2, 0.25) is 0 Å². The van der Waals surface area contributed by atoms with Crippen molar-refractivity contribution in [3.05, 3.63) is 90.0 Å². The zero-order valence-corrected chi connectivity index (χ0v) is 19.3. The summed E-state index contributed by atoms with van der Waals surface area (Å²) in [5, 5.41) is 2.80. The first-order chi connectivity index (χ1) is 16.8. The van der Waals surface area contributed by atoms with E-state index >= 15 is 0 Å². The maximum absolute atomic E-state index is 12.2. The predicted octanol–water partition coefficient (Wildman–Crippen LogP) is 5.03. The quantitative estimate of drug-likeness (QED) is 0.362. The number of hydrogen-bond acceptors (Lipinski definition) is 5. The molecule has 0 heterocycles. The van der Waals surface area contributed by atoms with Crippen LogP contribution in [-0.2, 0) is 14.2 Å². The summed E-state index contributed by atoms with van der Waals surface area (Å²) in [5.41, 5.74) is 4.85. The number of ether oxygens (including phenoxy) is 4. The van der Waals surface area contributed by atoms with Crippen LogP contribution in [-0.4, -0.2) is 52.3 Å². The molecule has 3 aromatic carbocycles. The lowest BCUT2D eigenvalue weighted by molar-refractivity contribution is 0.0357. The molecule has 0 aliphatic heterocycles. The highest BCUT2D eigenvalue weighted by molar-refractivity contribution is 5.79. The van der Waals surface area contributed by atoms with E-state index in [1.54, 1.807) is 0 Å². The van der Waals surface area contributed by atoms with Crippen molar-refractivity contribution in [3.63, 3.8) is 0 Å². The van der Waals surface area contributed by atoms with Crippen molar-refractivity contribution in [1.29, 1.82) is 0 Å². The average molecular weight is 462 g/mol. The number of benzene rings is 3. The highest BCUT2D eigenvalue weighted by Gasteiger charge is 2.28. The van der Waals surface area contributed by atoms with Gasteiger partial charge in [0.15, 0.2) is 0 Å². The van der Waals surface area contributed by atoms with Crippen molar-refractivity contribution in [3.8, 4) is 16.9 Å². The van der Waals surface area contributed by atoms with Gasteiger partial charge in [0, 0.05) is 19.1 Å². The van der Waals surface area contributed by atoms with Crippen molar-refractivity contribution >= 4 is 6.09 Å². The molecular formula is C28H31NO5. The van der Waals surface area contributed by atoms with Gasteiger partial charge in [-0.2, -0.15) is 0 Å². The molecule has 178 valence electrons. The molecule has 1 amide bonds. The Kier molecular flexibility index (Phi) is 8.94. The van der Waals surface area contributed by atoms with E-state index in [-0.39, 0.29) is 5.92 Å². The summed E-state index contributed by atoms with van der Waals surface area (Å²) >= 11 is 0. The van der Waals surface area contributed by atoms with E-state index in [2.05, 4.69) is 29.6 Å². The van der Waals surface area contributed by atoms with Gasteiger partial charge in [0.1, 0.15) is 19.0 Å². The van der Waals surface area contributed by atoms with Crippen LogP contribution in [0.25, 0.3) is 11.1 Å². The van der Waals surface area contributed by atoms with E-state index in [0.29, 0.717) is 52.6 Å². The second-order valence-corrected chi connectivity index (χ2v) is 7.99. The molecule has 0 aromatic heterocycles. The molecular weight excluding hydrogens is 430 g/mol. The van der Waals surface area contributed by atoms with E-state index in [4.69, 9.17) is 18.9 Å². The molecule has 34 heavy (non-hydrogen) atoms. The lowest BCUT2D eigenvalue weighted by Gasteiger charge is -2.14. The minimum atomic E-state index is -0.399. The van der Waals surface area contributed by atoms with Crippen LogP contribution in [0.15, 0.2) is 78.9 Å². The van der Waals surface area contributed by atoms with E-state index in [0.717, 1.165) is 5.75 Å². The average Bonchev–Trinajstić information content (AvgIpc) is 3.20. The minimum absolute atomic E-state index is 0.0691. The van der Waals surface area contributed by atoms with Gasteiger partial charge in [-0.05, 0) is 40.8 Å². The Hall–Kier alpha value is -3.35. The van der Waals surface area contributed by atoms with Crippen LogP contribution in [0.3, 0.4) is 0 Å². The summed E-state index contributed by atoms with van der Waals surface area (Å²) in [6, 6.07) is 26.3. The highest BCUT2D eigenvalue weighted by Crippen LogP contribution is 2.44. The molecule has 0 bridgehead atoms. The van der Waals surface area contributed by atoms with Crippen molar-refractivity contribution in [2.45, 2.75) is 12.3 Å². The van der Waals surface area contributed by atoms with Crippen LogP contribution in [0.4, 0.5) is 4.79 Å². The summed E-state index contributed by atoms with van der Waals surface area (Å²) in [4.78, 5) is 12.2. The Morgan fingerprint density at radius 1 is 0.706 bits per heavy atom. The molecule has 0 atom stereocenters. The first-order valence-electron chi connectivity index (χ1n) is 11.7. The van der Waals surface area contributed by atoms with Crippen molar-refractivity contribution in [2.24, 2.45) is 0 Å². The van der Waals surface area contributed by atoms with Gasteiger partial charge >= 0.3 is 6.09 Å². The van der Waals surface area contributed by atoms with Gasteiger partial charge in [0.25, 0.3) is 0 Å². The first-order valence-corrected chi connectivity index (χ1v) is 11.7. The van der Waals surface area contributed by atoms with E-state index in [1.165, 1.54) is 22.3 Å². The van der Waals surface area contributed by atoms with Crippen molar-refractivity contribution < 1.29 is 23.7 Å². The normalized spacial score (nSPS) is 12.1. The molecule has 1 aliphatic rings. The van der Waals surface area contributed by atoms with Crippen LogP contribution in [0.1, 0.15) is 23.5 Å². The number of nitrogens with one attached hydrogen (secondary N) is 1. The van der Waals surface area contributed by atoms with Crippen molar-refractivity contribution in [1.82, 2.24) is 5.32 Å². The van der Waals surface area contributed by atoms with Gasteiger partial charge in [-0.1, -0.05) is 66.7 Å². The Morgan fingerprint density at radius 3 is 2.00 bits per heavy atom. The highest BCUT2D eigenvalue weighted by atomic mass is 16.6. The van der Waals surface area contributed by atoms with Crippen LogP contribution < -0.4 is 10.1 Å². The summed E-state index contributed by atoms with van der Waals surface area (Å²) in [7, 11) is 0. The fraction of sp³-hybridized carbons (Fsp3) is 0.321. The zero-order chi connectivity index (χ0) is 23.4. The van der Waals surface area contributed by atoms with Gasteiger partial charge in [0.2, 0.25) is 0 Å². The number of rotatable bonds is 13. The second-order valence-electron chi connectivity index (χ2n) is 7.99. The number of carbonyl (C=O) groups is 1. The molecule has 3 aromatic rings. The van der Waals surface area contributed by atoms with E-state index in [9.17, 15) is 4.79 Å². The fourth-order valence-electron chi connectivity index (χ4n) is 4.07. The largest absolute Gasteiger partial charge is 0.491 e. The molecule has 0 unspecified atom stereocenters. The lowest BCUT2D eigenvalue weighted by atomic mass is 9.98. The number of hydrogen-bond donors (Lipinski definition) is 1. The molecule has 1 aliphatic carbocycles. The minimum Gasteiger partial charge on any atom is -0.491 e. The molecule has 0 saturated heterocycles. The summed E-state index contributed by atoms with van der Waals surface area (Å²) in [6.45, 7) is 3.42. The zero-order valence-electron chi connectivity index (χ0n) is 19.3. The van der Waals surface area contributed by atoms with Crippen LogP contribution >= 0.6 is 0 Å². The Balaban J connectivity index is 1.03. The molecule has 6 heteroatoms. The van der Waals surface area contributed by atoms with Gasteiger partial charge in [-0.15, -0.1) is 0 Å². The molecule has 4 rings (SSSR count). The predicted molar refractivity (Wildman–Crippen MR) is 131 cm³/mol. The lowest BCUT2D eigenvalue weighted by Crippen LogP contribution is -2.27. The second kappa shape index (κ2) is 12.8. The summed E-state index contributed by atoms with van der Waals surface area (Å²) in [6.07, 6.45) is 0.310. The Bertz CT molecular complexity index is 994. The molecule has 0 saturated carbocycles. The summed E-state index contributed by atoms with van der Waals surface area (Å²) in [5.74, 6) is 0.908. The topological polar surface area (TPSA) is 66.0 Å². The standard InChI is InChI=1S/C28H31NO5/c30-28(29-15-8-16-31-17-18-32-19-20-33-22-9-2-1-3-10-22)34-21-27-25-13-6-4-11-23(25)24-12-5-7-14-26(24)27/h1-7,9-14,27H,8,15-21H2,(H,29,30). The number of amides is 1. The van der Waals surface area contributed by atoms with E-state index < -0.39 is 6.09 Å². The van der Waals surface area contributed by atoms with Crippen LogP contribution in [0, 0.1) is 0 Å². The van der Waals surface area contributed by atoms with Gasteiger partial charge < -0.3 is 24.3 Å². The third-order valence-electron chi connectivity index (χ3n) is 5.69. The Labute approximate surface area is 200 Å². The molecule has 0 radical (unpaired) electrons. The maximum Gasteiger partial charge on any atom is 0.407 e. The third-order valence-corrected chi connectivity index (χ3v) is 5.69. The number of para-hydroxylation sites is 1. The number of fused-ring (bicyclic) bond motifs is 3. The molecule has 0 spiro atoms. The smallest absolute Gasteiger partial charge is 0.407 e. The Morgan fingerprint density at radius 2 is 1.29 bits per heavy atom. The maximum atomic E-state index is 12.2. The van der Waals surface area contributed by atoms with Crippen LogP contribution in [0.5, 0.6) is 5.75 Å². The fourth-order valence-corrected chi connectivity index (χ4v) is 4.07. The molecule has 1 N–H and O–H groups in total. The van der Waals surface area contributed by atoms with Crippen molar-refractivity contribution in [2.75, 3.05) is 46.2 Å². The van der Waals surface area contributed by atoms with Gasteiger partial charge in [-0.25, -0.2) is 4.79 Å². The van der Waals surface area contributed by atoms with E-state index in [1.807, 2.05) is 54.6 Å². The van der Waals surface area contributed by atoms with Gasteiger partial charge in [0.05, 0.1) is 19.8 Å². The molecule has 0 fully saturated rings. The number of carbonyl (C=O) groups excluding carboxylic acids is 1. The molecule has 6 nitrogen and oxygen atoms in total.